The van der Waals surface area contributed by atoms with Crippen molar-refractivity contribution in [3.05, 3.63) is 143 Å². The first-order valence-electron chi connectivity index (χ1n) is 23.4. The largest absolute Gasteiger partial charge is 0.369 e. The fourth-order valence-corrected chi connectivity index (χ4v) is 8.55. The summed E-state index contributed by atoms with van der Waals surface area (Å²) in [7, 11) is 0. The van der Waals surface area contributed by atoms with Crippen LogP contribution in [0.1, 0.15) is 0 Å². The van der Waals surface area contributed by atoms with E-state index in [1.54, 1.807) is 49.3 Å². The maximum absolute atomic E-state index is 11.5. The van der Waals surface area contributed by atoms with Crippen LogP contribution in [0.3, 0.4) is 0 Å². The number of aromatic amines is 2. The average molecular weight is 971 g/mol. The lowest BCUT2D eigenvalue weighted by molar-refractivity contribution is -0.385. The number of aromatic nitrogens is 10. The van der Waals surface area contributed by atoms with Gasteiger partial charge in [-0.05, 0) is 36.4 Å². The molecule has 24 heteroatoms. The maximum Gasteiger partial charge on any atom is 0.287 e. The number of hydrogen-bond acceptors (Lipinski definition) is 20. The van der Waals surface area contributed by atoms with Gasteiger partial charge in [-0.3, -0.25) is 20.2 Å². The van der Waals surface area contributed by atoms with E-state index in [1.807, 2.05) is 10.0 Å². The van der Waals surface area contributed by atoms with Gasteiger partial charge in [0.05, 0.1) is 45.5 Å². The van der Waals surface area contributed by atoms with Crippen molar-refractivity contribution in [3.63, 3.8) is 0 Å². The molecule has 8 heterocycles. The Bertz CT molecular complexity index is 2850. The van der Waals surface area contributed by atoms with E-state index in [0.717, 1.165) is 74.9 Å². The Hall–Kier alpha value is -9.16. The molecule has 10 rings (SSSR count). The fourth-order valence-electron chi connectivity index (χ4n) is 8.55. The molecule has 72 heavy (non-hydrogen) atoms. The lowest BCUT2D eigenvalue weighted by Gasteiger charge is -2.35. The topological polar surface area (TPSA) is 282 Å². The van der Waals surface area contributed by atoms with Gasteiger partial charge in [0.1, 0.15) is 35.7 Å². The molecule has 2 aliphatic heterocycles. The van der Waals surface area contributed by atoms with E-state index in [0.29, 0.717) is 57.7 Å². The van der Waals surface area contributed by atoms with Crippen LogP contribution in [0.25, 0.3) is 45.3 Å². The monoisotopic (exact) mass is 970 g/mol. The highest BCUT2D eigenvalue weighted by Crippen LogP contribution is 2.34. The summed E-state index contributed by atoms with van der Waals surface area (Å²) in [5.74, 6) is 2.59. The number of pyridine rings is 2. The average Bonchev–Trinajstić information content (AvgIpc) is 4.19. The number of anilines is 6. The molecule has 0 unspecified atom stereocenters. The smallest absolute Gasteiger partial charge is 0.287 e. The second-order valence-electron chi connectivity index (χ2n) is 16.7. The number of hydrogen-bond donors (Lipinski definition) is 6. The second kappa shape index (κ2) is 21.6. The van der Waals surface area contributed by atoms with E-state index < -0.39 is 9.85 Å². The molecule has 24 nitrogen and oxygen atoms in total. The maximum atomic E-state index is 11.5. The minimum Gasteiger partial charge on any atom is -0.369 e. The molecule has 8 aromatic rings. The Balaban J connectivity index is 1.08. The van der Waals surface area contributed by atoms with Crippen molar-refractivity contribution in [2.45, 2.75) is 0 Å². The summed E-state index contributed by atoms with van der Waals surface area (Å²) in [6.45, 7) is 8.10. The van der Waals surface area contributed by atoms with E-state index in [-0.39, 0.29) is 37.6 Å². The number of benzene rings is 2. The van der Waals surface area contributed by atoms with E-state index in [9.17, 15) is 20.2 Å². The zero-order valence-corrected chi connectivity index (χ0v) is 38.9. The Labute approximate surface area is 412 Å². The van der Waals surface area contributed by atoms with Gasteiger partial charge in [-0.25, -0.2) is 49.9 Å². The van der Waals surface area contributed by atoms with Gasteiger partial charge in [0.2, 0.25) is 11.9 Å². The molecule has 0 saturated carbocycles. The van der Waals surface area contributed by atoms with Crippen LogP contribution in [-0.2, 0) is 0 Å². The number of nitro groups is 2. The standard InChI is InChI=1S/C48H50N20O4/c69-67(70)37-9-11-41(57-29-37)51-21-27-65(47-59-31-39(45-53-13-14-54-45)43(61-47)33-1-5-35(6-2-33)63-23-17-49-18-24-63)66(28-22-52-42-12-10-38(30-58-42)68(71)72)48-60-32-40(46-55-15-16-56-46)44(62-48)34-3-7-36(8-4-34)64-25-19-50-20-26-64/h1-16,29-32,49-50H,17-28H2,(H,51,57)(H,52,58)(H,53,54)(H,55,56). The predicted molar refractivity (Wildman–Crippen MR) is 274 cm³/mol. The van der Waals surface area contributed by atoms with Gasteiger partial charge in [-0.15, -0.1) is 0 Å². The van der Waals surface area contributed by atoms with Gasteiger partial charge >= 0.3 is 0 Å². The highest BCUT2D eigenvalue weighted by Gasteiger charge is 2.27. The number of H-pyrrole nitrogens is 2. The number of nitrogens with one attached hydrogen (secondary N) is 6. The van der Waals surface area contributed by atoms with Crippen molar-refractivity contribution in [2.75, 3.05) is 109 Å². The molecule has 366 valence electrons. The molecule has 2 fully saturated rings. The molecular formula is C48H50N20O4. The summed E-state index contributed by atoms with van der Waals surface area (Å²) >= 11 is 0. The molecule has 0 aliphatic carbocycles. The number of hydrazine groups is 1. The minimum atomic E-state index is -0.497. The third-order valence-corrected chi connectivity index (χ3v) is 12.2. The highest BCUT2D eigenvalue weighted by molar-refractivity contribution is 5.80. The fraction of sp³-hybridized carbons (Fsp3) is 0.250. The molecular weight excluding hydrogens is 921 g/mol. The van der Waals surface area contributed by atoms with Crippen molar-refractivity contribution >= 4 is 46.3 Å². The lowest BCUT2D eigenvalue weighted by atomic mass is 10.1. The summed E-state index contributed by atoms with van der Waals surface area (Å²) in [6, 6.07) is 22.5. The molecule has 0 atom stereocenters. The second-order valence-corrected chi connectivity index (χ2v) is 16.7. The normalized spacial score (nSPS) is 13.7. The first kappa shape index (κ1) is 46.6. The lowest BCUT2D eigenvalue weighted by Crippen LogP contribution is -2.49. The predicted octanol–water partition coefficient (Wildman–Crippen LogP) is 5.26. The van der Waals surface area contributed by atoms with Crippen molar-refractivity contribution in [3.8, 4) is 45.3 Å². The van der Waals surface area contributed by atoms with Gasteiger partial charge in [0.25, 0.3) is 11.4 Å². The molecule has 2 aliphatic rings. The van der Waals surface area contributed by atoms with E-state index in [1.165, 1.54) is 24.5 Å². The molecule has 6 aromatic heterocycles. The minimum absolute atomic E-state index is 0.133. The number of nitrogens with zero attached hydrogens (tertiary/aromatic N) is 14. The van der Waals surface area contributed by atoms with Crippen LogP contribution in [0.5, 0.6) is 0 Å². The van der Waals surface area contributed by atoms with E-state index in [4.69, 9.17) is 19.9 Å². The third kappa shape index (κ3) is 10.7. The van der Waals surface area contributed by atoms with Gasteiger partial charge in [-0.2, -0.15) is 0 Å². The van der Waals surface area contributed by atoms with Crippen LogP contribution >= 0.6 is 0 Å². The van der Waals surface area contributed by atoms with Crippen LogP contribution in [0, 0.1) is 20.2 Å². The van der Waals surface area contributed by atoms with Crippen LogP contribution < -0.4 is 41.1 Å². The Kier molecular flexibility index (Phi) is 14.0. The zero-order chi connectivity index (χ0) is 49.2. The van der Waals surface area contributed by atoms with Crippen molar-refractivity contribution in [1.29, 1.82) is 0 Å². The van der Waals surface area contributed by atoms with Crippen LogP contribution in [-0.4, -0.2) is 138 Å². The van der Waals surface area contributed by atoms with Crippen LogP contribution in [0.15, 0.2) is 122 Å². The molecule has 0 amide bonds. The Morgan fingerprint density at radius 1 is 0.528 bits per heavy atom. The van der Waals surface area contributed by atoms with Crippen molar-refractivity contribution < 1.29 is 9.85 Å². The van der Waals surface area contributed by atoms with Crippen LogP contribution in [0.2, 0.25) is 0 Å². The third-order valence-electron chi connectivity index (χ3n) is 12.2. The zero-order valence-electron chi connectivity index (χ0n) is 38.9. The number of rotatable bonds is 19. The molecule has 6 N–H and O–H groups in total. The first-order valence-corrected chi connectivity index (χ1v) is 23.4. The summed E-state index contributed by atoms with van der Waals surface area (Å²) < 4.78 is 0. The SMILES string of the molecule is O=[N+]([O-])c1ccc(NCCN(c2ncc(-c3ncc[nH]3)c(-c3ccc(N4CCNCC4)cc3)n2)N(CCNc2ccc([N+](=O)[O-])cn2)c2ncc(-c3ncc[nH]3)c(-c3ccc(N4CCNCC4)cc3)n2)nc1. The van der Waals surface area contributed by atoms with Gasteiger partial charge < -0.3 is 41.0 Å². The molecule has 0 bridgehead atoms. The molecule has 2 saturated heterocycles. The molecule has 0 spiro atoms. The van der Waals surface area contributed by atoms with E-state index >= 15 is 0 Å². The first-order chi connectivity index (χ1) is 35.3. The molecule has 2 aromatic carbocycles. The highest BCUT2D eigenvalue weighted by atomic mass is 16.6. The Morgan fingerprint density at radius 2 is 0.944 bits per heavy atom. The van der Waals surface area contributed by atoms with Gasteiger partial charge in [0, 0.05) is 137 Å². The van der Waals surface area contributed by atoms with Gasteiger partial charge in [0.15, 0.2) is 0 Å². The van der Waals surface area contributed by atoms with E-state index in [2.05, 4.69) is 110 Å². The van der Waals surface area contributed by atoms with Crippen molar-refractivity contribution in [2.24, 2.45) is 0 Å². The number of imidazole rings is 2. The summed E-state index contributed by atoms with van der Waals surface area (Å²) in [6.07, 6.45) is 12.7. The number of piperazine rings is 2. The summed E-state index contributed by atoms with van der Waals surface area (Å²) in [5, 5.41) is 40.1. The Morgan fingerprint density at radius 3 is 1.29 bits per heavy atom. The summed E-state index contributed by atoms with van der Waals surface area (Å²) in [5.41, 5.74) is 6.19. The summed E-state index contributed by atoms with van der Waals surface area (Å²) in [4.78, 5) is 71.5. The van der Waals surface area contributed by atoms with Crippen molar-refractivity contribution in [1.82, 2.24) is 60.5 Å². The molecule has 0 radical (unpaired) electrons. The van der Waals surface area contributed by atoms with Crippen LogP contribution in [0.4, 0.5) is 46.3 Å². The van der Waals surface area contributed by atoms with Gasteiger partial charge in [-0.1, -0.05) is 24.3 Å². The quantitative estimate of drug-likeness (QED) is 0.0445.